The number of aryl methyl sites for hydroxylation is 2. The summed E-state index contributed by atoms with van der Waals surface area (Å²) in [6.07, 6.45) is 2.44. The van der Waals surface area contributed by atoms with Crippen molar-refractivity contribution < 1.29 is 4.79 Å². The molecule has 0 unspecified atom stereocenters. The zero-order chi connectivity index (χ0) is 12.7. The highest BCUT2D eigenvalue weighted by Gasteiger charge is 2.00. The Hall–Kier alpha value is -1.00. The Bertz CT molecular complexity index is 380. The molecule has 0 saturated carbocycles. The van der Waals surface area contributed by atoms with Crippen LogP contribution in [0.4, 0.5) is 0 Å². The molecule has 1 aromatic carbocycles. The van der Waals surface area contributed by atoms with Crippen LogP contribution in [0.25, 0.3) is 0 Å². The number of hydrogen-bond donors (Lipinski definition) is 2. The molecule has 1 aromatic rings. The van der Waals surface area contributed by atoms with Crippen LogP contribution >= 0.6 is 11.8 Å². The number of unbranched alkanes of at least 4 members (excludes halogenated alkanes) is 1. The van der Waals surface area contributed by atoms with Gasteiger partial charge in [0.2, 0.25) is 5.91 Å². The van der Waals surface area contributed by atoms with Crippen molar-refractivity contribution in [3.05, 3.63) is 29.3 Å². The standard InChI is InChI=1S/C13H20N2OS/c1-10-6-7-12(9-11(10)2)17-8-4-3-5-13(16)15-14/h6-7,9H,3-5,8,14H2,1-2H3,(H,15,16). The quantitative estimate of drug-likeness (QED) is 0.269. The predicted octanol–water partition coefficient (Wildman–Crippen LogP) is 2.56. The number of amides is 1. The first-order valence-corrected chi connectivity index (χ1v) is 6.81. The van der Waals surface area contributed by atoms with Crippen molar-refractivity contribution in [1.29, 1.82) is 0 Å². The van der Waals surface area contributed by atoms with E-state index in [1.54, 1.807) is 0 Å². The molecule has 0 aliphatic heterocycles. The fraction of sp³-hybridized carbons (Fsp3) is 0.462. The van der Waals surface area contributed by atoms with E-state index >= 15 is 0 Å². The number of carbonyl (C=O) groups is 1. The van der Waals surface area contributed by atoms with Crippen LogP contribution in [-0.4, -0.2) is 11.7 Å². The molecule has 0 heterocycles. The van der Waals surface area contributed by atoms with Crippen molar-refractivity contribution in [3.63, 3.8) is 0 Å². The van der Waals surface area contributed by atoms with Crippen molar-refractivity contribution >= 4 is 17.7 Å². The molecule has 3 N–H and O–H groups in total. The number of benzene rings is 1. The highest BCUT2D eigenvalue weighted by atomic mass is 32.2. The first kappa shape index (κ1) is 14.1. The zero-order valence-corrected chi connectivity index (χ0v) is 11.3. The van der Waals surface area contributed by atoms with E-state index in [2.05, 4.69) is 37.5 Å². The average molecular weight is 252 g/mol. The number of thioether (sulfide) groups is 1. The molecule has 4 heteroatoms. The van der Waals surface area contributed by atoms with E-state index in [1.807, 2.05) is 11.8 Å². The van der Waals surface area contributed by atoms with E-state index in [1.165, 1.54) is 16.0 Å². The number of nitrogens with two attached hydrogens (primary N) is 1. The van der Waals surface area contributed by atoms with E-state index in [0.717, 1.165) is 18.6 Å². The minimum atomic E-state index is -0.0822. The molecule has 1 amide bonds. The van der Waals surface area contributed by atoms with Crippen LogP contribution in [0.2, 0.25) is 0 Å². The van der Waals surface area contributed by atoms with Crippen LogP contribution in [0.1, 0.15) is 30.4 Å². The molecule has 0 saturated heterocycles. The lowest BCUT2D eigenvalue weighted by Crippen LogP contribution is -2.29. The average Bonchev–Trinajstić information content (AvgIpc) is 2.33. The number of carbonyl (C=O) groups excluding carboxylic acids is 1. The summed E-state index contributed by atoms with van der Waals surface area (Å²) in [7, 11) is 0. The first-order chi connectivity index (χ1) is 8.13. The summed E-state index contributed by atoms with van der Waals surface area (Å²) in [6.45, 7) is 4.25. The number of rotatable bonds is 6. The maximum absolute atomic E-state index is 10.9. The van der Waals surface area contributed by atoms with Gasteiger partial charge in [-0.15, -0.1) is 11.8 Å². The minimum absolute atomic E-state index is 0.0822. The van der Waals surface area contributed by atoms with Crippen molar-refractivity contribution in [3.8, 4) is 0 Å². The van der Waals surface area contributed by atoms with Crippen LogP contribution in [0.5, 0.6) is 0 Å². The van der Waals surface area contributed by atoms with Gasteiger partial charge in [0, 0.05) is 11.3 Å². The molecule has 0 aliphatic carbocycles. The third kappa shape index (κ3) is 5.24. The van der Waals surface area contributed by atoms with Gasteiger partial charge in [0.1, 0.15) is 0 Å². The summed E-state index contributed by atoms with van der Waals surface area (Å²) < 4.78 is 0. The van der Waals surface area contributed by atoms with Gasteiger partial charge in [-0.25, -0.2) is 5.84 Å². The topological polar surface area (TPSA) is 55.1 Å². The Morgan fingerprint density at radius 1 is 1.29 bits per heavy atom. The largest absolute Gasteiger partial charge is 0.294 e. The van der Waals surface area contributed by atoms with E-state index in [9.17, 15) is 4.79 Å². The van der Waals surface area contributed by atoms with Gasteiger partial charge >= 0.3 is 0 Å². The molecule has 17 heavy (non-hydrogen) atoms. The van der Waals surface area contributed by atoms with Gasteiger partial charge in [-0.2, -0.15) is 0 Å². The van der Waals surface area contributed by atoms with Crippen molar-refractivity contribution in [2.45, 2.75) is 38.0 Å². The molecule has 0 aromatic heterocycles. The lowest BCUT2D eigenvalue weighted by atomic mass is 10.1. The van der Waals surface area contributed by atoms with Crippen molar-refractivity contribution in [2.75, 3.05) is 5.75 Å². The summed E-state index contributed by atoms with van der Waals surface area (Å²) >= 11 is 1.84. The predicted molar refractivity (Wildman–Crippen MR) is 72.8 cm³/mol. The maximum Gasteiger partial charge on any atom is 0.233 e. The Balaban J connectivity index is 2.22. The SMILES string of the molecule is Cc1ccc(SCCCCC(=O)NN)cc1C. The third-order valence-corrected chi connectivity index (χ3v) is 3.79. The number of nitrogens with one attached hydrogen (secondary N) is 1. The summed E-state index contributed by atoms with van der Waals surface area (Å²) in [5.41, 5.74) is 4.80. The summed E-state index contributed by atoms with van der Waals surface area (Å²) in [5.74, 6) is 5.96. The summed E-state index contributed by atoms with van der Waals surface area (Å²) in [6, 6.07) is 6.52. The third-order valence-electron chi connectivity index (χ3n) is 2.71. The Kier molecular flexibility index (Phi) is 6.08. The second-order valence-corrected chi connectivity index (χ2v) is 5.29. The van der Waals surface area contributed by atoms with E-state index in [4.69, 9.17) is 5.84 Å². The number of hydrogen-bond acceptors (Lipinski definition) is 3. The second-order valence-electron chi connectivity index (χ2n) is 4.12. The minimum Gasteiger partial charge on any atom is -0.294 e. The fourth-order valence-electron chi connectivity index (χ4n) is 1.45. The Morgan fingerprint density at radius 3 is 2.71 bits per heavy atom. The lowest BCUT2D eigenvalue weighted by molar-refractivity contribution is -0.121. The molecule has 0 atom stereocenters. The van der Waals surface area contributed by atoms with Gasteiger partial charge in [-0.1, -0.05) is 6.07 Å². The van der Waals surface area contributed by atoms with Crippen molar-refractivity contribution in [2.24, 2.45) is 5.84 Å². The Labute approximate surface area is 107 Å². The van der Waals surface area contributed by atoms with E-state index < -0.39 is 0 Å². The van der Waals surface area contributed by atoms with Crippen LogP contribution in [0.3, 0.4) is 0 Å². The molecular weight excluding hydrogens is 232 g/mol. The lowest BCUT2D eigenvalue weighted by Gasteiger charge is -2.05. The molecule has 0 fully saturated rings. The highest BCUT2D eigenvalue weighted by Crippen LogP contribution is 2.22. The summed E-state index contributed by atoms with van der Waals surface area (Å²) in [5, 5.41) is 0. The van der Waals surface area contributed by atoms with Gasteiger partial charge in [0.15, 0.2) is 0 Å². The molecule has 3 nitrogen and oxygen atoms in total. The van der Waals surface area contributed by atoms with Crippen LogP contribution in [-0.2, 0) is 4.79 Å². The van der Waals surface area contributed by atoms with E-state index in [-0.39, 0.29) is 5.91 Å². The highest BCUT2D eigenvalue weighted by molar-refractivity contribution is 7.99. The zero-order valence-electron chi connectivity index (χ0n) is 10.5. The molecular formula is C13H20N2OS. The first-order valence-electron chi connectivity index (χ1n) is 5.83. The number of hydrazine groups is 1. The van der Waals surface area contributed by atoms with Gasteiger partial charge < -0.3 is 0 Å². The molecule has 0 radical (unpaired) electrons. The van der Waals surface area contributed by atoms with Crippen molar-refractivity contribution in [1.82, 2.24) is 5.43 Å². The smallest absolute Gasteiger partial charge is 0.233 e. The van der Waals surface area contributed by atoms with E-state index in [0.29, 0.717) is 6.42 Å². The Morgan fingerprint density at radius 2 is 2.06 bits per heavy atom. The summed E-state index contributed by atoms with van der Waals surface area (Å²) in [4.78, 5) is 12.2. The monoisotopic (exact) mass is 252 g/mol. The second kappa shape index (κ2) is 7.35. The van der Waals surface area contributed by atoms with Gasteiger partial charge in [0.05, 0.1) is 0 Å². The maximum atomic E-state index is 10.9. The van der Waals surface area contributed by atoms with Gasteiger partial charge in [0.25, 0.3) is 0 Å². The fourth-order valence-corrected chi connectivity index (χ4v) is 2.46. The molecule has 0 spiro atoms. The molecule has 1 rings (SSSR count). The molecule has 0 bridgehead atoms. The van der Waals surface area contributed by atoms with Crippen LogP contribution < -0.4 is 11.3 Å². The molecule has 0 aliphatic rings. The van der Waals surface area contributed by atoms with Gasteiger partial charge in [-0.3, -0.25) is 10.2 Å². The van der Waals surface area contributed by atoms with Crippen LogP contribution in [0, 0.1) is 13.8 Å². The molecule has 94 valence electrons. The van der Waals surface area contributed by atoms with Gasteiger partial charge in [-0.05, 0) is 55.7 Å². The normalized spacial score (nSPS) is 10.3. The van der Waals surface area contributed by atoms with Crippen LogP contribution in [0.15, 0.2) is 23.1 Å².